The number of ether oxygens (including phenoxy) is 2. The molecule has 0 saturated carbocycles. The standard InChI is InChI=1S/C26H25N5O4/c1-15-13-14-21(35-15)23-22(25(32)28-18-10-6-8-12-20(18)34-4)16(2)27-26-29-24(30-31(23)26)17-9-5-7-11-19(17)33-3/h5-14,23H,1-4H3,(H,28,32)(H,27,29,30). The molecule has 3 heterocycles. The molecule has 9 nitrogen and oxygen atoms in total. The van der Waals surface area contributed by atoms with Crippen LogP contribution in [0.25, 0.3) is 11.4 Å². The number of fused-ring (bicyclic) bond motifs is 1. The quantitative estimate of drug-likeness (QED) is 0.417. The Bertz CT molecular complexity index is 1440. The Balaban J connectivity index is 1.60. The van der Waals surface area contributed by atoms with Gasteiger partial charge in [0.15, 0.2) is 5.82 Å². The summed E-state index contributed by atoms with van der Waals surface area (Å²) >= 11 is 0. The number of aryl methyl sites for hydroxylation is 1. The van der Waals surface area contributed by atoms with Crippen molar-refractivity contribution in [2.75, 3.05) is 24.9 Å². The molecule has 5 rings (SSSR count). The molecule has 2 aromatic carbocycles. The molecule has 1 aliphatic rings. The Kier molecular flexibility index (Phi) is 5.74. The normalized spacial score (nSPS) is 14.8. The second-order valence-electron chi connectivity index (χ2n) is 8.07. The van der Waals surface area contributed by atoms with Crippen LogP contribution in [0.5, 0.6) is 11.5 Å². The van der Waals surface area contributed by atoms with Gasteiger partial charge in [-0.3, -0.25) is 4.79 Å². The van der Waals surface area contributed by atoms with Crippen molar-refractivity contribution < 1.29 is 18.7 Å². The average molecular weight is 472 g/mol. The number of methoxy groups -OCH3 is 2. The molecule has 0 bridgehead atoms. The monoisotopic (exact) mass is 471 g/mol. The van der Waals surface area contributed by atoms with Gasteiger partial charge in [-0.2, -0.15) is 4.98 Å². The molecule has 1 aliphatic heterocycles. The molecule has 178 valence electrons. The van der Waals surface area contributed by atoms with Gasteiger partial charge in [-0.05, 0) is 50.2 Å². The summed E-state index contributed by atoms with van der Waals surface area (Å²) in [7, 11) is 3.17. The first-order valence-corrected chi connectivity index (χ1v) is 11.1. The third-order valence-electron chi connectivity index (χ3n) is 5.83. The zero-order chi connectivity index (χ0) is 24.5. The maximum absolute atomic E-state index is 13.6. The van der Waals surface area contributed by atoms with Crippen LogP contribution in [-0.4, -0.2) is 34.9 Å². The molecule has 1 unspecified atom stereocenters. The van der Waals surface area contributed by atoms with E-state index < -0.39 is 6.04 Å². The SMILES string of the molecule is COc1ccccc1NC(=O)C1=C(C)Nc2nc(-c3ccccc3OC)nn2C1c1ccc(C)o1. The smallest absolute Gasteiger partial charge is 0.256 e. The molecular weight excluding hydrogens is 446 g/mol. The Morgan fingerprint density at radius 2 is 1.71 bits per heavy atom. The van der Waals surface area contributed by atoms with E-state index in [1.165, 1.54) is 0 Å². The highest BCUT2D eigenvalue weighted by atomic mass is 16.5. The molecular formula is C26H25N5O4. The molecule has 2 aromatic heterocycles. The van der Waals surface area contributed by atoms with Crippen LogP contribution in [0.2, 0.25) is 0 Å². The first-order valence-electron chi connectivity index (χ1n) is 11.1. The van der Waals surface area contributed by atoms with E-state index in [1.807, 2.05) is 62.4 Å². The van der Waals surface area contributed by atoms with Crippen LogP contribution in [-0.2, 0) is 4.79 Å². The van der Waals surface area contributed by atoms with E-state index in [0.29, 0.717) is 46.0 Å². The van der Waals surface area contributed by atoms with Gasteiger partial charge in [-0.15, -0.1) is 5.10 Å². The molecule has 0 fully saturated rings. The molecule has 4 aromatic rings. The van der Waals surface area contributed by atoms with Crippen LogP contribution in [0, 0.1) is 6.92 Å². The van der Waals surface area contributed by atoms with E-state index in [1.54, 1.807) is 31.0 Å². The van der Waals surface area contributed by atoms with Gasteiger partial charge in [0.1, 0.15) is 29.1 Å². The Morgan fingerprint density at radius 3 is 2.43 bits per heavy atom. The summed E-state index contributed by atoms with van der Waals surface area (Å²) in [5.74, 6) is 3.18. The molecule has 9 heteroatoms. The first kappa shape index (κ1) is 22.3. The second kappa shape index (κ2) is 9.02. The van der Waals surface area contributed by atoms with Crippen LogP contribution < -0.4 is 20.1 Å². The highest BCUT2D eigenvalue weighted by molar-refractivity contribution is 6.06. The predicted octanol–water partition coefficient (Wildman–Crippen LogP) is 4.79. The van der Waals surface area contributed by atoms with Crippen molar-refractivity contribution in [1.29, 1.82) is 0 Å². The predicted molar refractivity (Wildman–Crippen MR) is 132 cm³/mol. The number of amides is 1. The van der Waals surface area contributed by atoms with Crippen LogP contribution >= 0.6 is 0 Å². The number of anilines is 2. The van der Waals surface area contributed by atoms with Crippen LogP contribution in [0.3, 0.4) is 0 Å². The molecule has 1 amide bonds. The molecule has 0 aliphatic carbocycles. The number of nitrogens with zero attached hydrogens (tertiary/aromatic N) is 3. The number of aromatic nitrogens is 3. The maximum atomic E-state index is 13.6. The number of hydrogen-bond acceptors (Lipinski definition) is 7. The summed E-state index contributed by atoms with van der Waals surface area (Å²) in [6.07, 6.45) is 0. The van der Waals surface area contributed by atoms with Gasteiger partial charge in [0.05, 0.1) is 31.0 Å². The number of nitrogens with one attached hydrogen (secondary N) is 2. The molecule has 2 N–H and O–H groups in total. The number of carbonyl (C=O) groups excluding carboxylic acids is 1. The number of hydrogen-bond donors (Lipinski definition) is 2. The second-order valence-corrected chi connectivity index (χ2v) is 8.07. The molecule has 1 atom stereocenters. The highest BCUT2D eigenvalue weighted by Gasteiger charge is 2.36. The third-order valence-corrected chi connectivity index (χ3v) is 5.83. The van der Waals surface area contributed by atoms with E-state index in [0.717, 1.165) is 11.3 Å². The number of carbonyl (C=O) groups is 1. The third kappa shape index (κ3) is 4.01. The lowest BCUT2D eigenvalue weighted by atomic mass is 10.00. The summed E-state index contributed by atoms with van der Waals surface area (Å²) in [5.41, 5.74) is 2.40. The lowest BCUT2D eigenvalue weighted by Gasteiger charge is -2.27. The van der Waals surface area contributed by atoms with Gasteiger partial charge >= 0.3 is 0 Å². The fourth-order valence-electron chi connectivity index (χ4n) is 4.19. The van der Waals surface area contributed by atoms with Crippen molar-refractivity contribution in [3.63, 3.8) is 0 Å². The minimum absolute atomic E-state index is 0.307. The fourth-order valence-corrected chi connectivity index (χ4v) is 4.19. The summed E-state index contributed by atoms with van der Waals surface area (Å²) < 4.78 is 18.6. The van der Waals surface area contributed by atoms with Gasteiger partial charge in [0.25, 0.3) is 5.91 Å². The van der Waals surface area contributed by atoms with Crippen LogP contribution in [0.1, 0.15) is 24.5 Å². The number of rotatable bonds is 6. The Labute approximate surface area is 202 Å². The van der Waals surface area contributed by atoms with E-state index in [4.69, 9.17) is 24.0 Å². The maximum Gasteiger partial charge on any atom is 0.256 e. The number of allylic oxidation sites excluding steroid dienone is 1. The largest absolute Gasteiger partial charge is 0.496 e. The van der Waals surface area contributed by atoms with Crippen molar-refractivity contribution in [2.24, 2.45) is 0 Å². The topological polar surface area (TPSA) is 103 Å². The minimum Gasteiger partial charge on any atom is -0.496 e. The zero-order valence-electron chi connectivity index (χ0n) is 19.8. The number of benzene rings is 2. The Morgan fingerprint density at radius 1 is 1.00 bits per heavy atom. The lowest BCUT2D eigenvalue weighted by Crippen LogP contribution is -2.31. The van der Waals surface area contributed by atoms with Crippen LogP contribution in [0.15, 0.2) is 76.4 Å². The van der Waals surface area contributed by atoms with Gasteiger partial charge in [-0.1, -0.05) is 24.3 Å². The van der Waals surface area contributed by atoms with E-state index >= 15 is 0 Å². The van der Waals surface area contributed by atoms with Gasteiger partial charge in [0, 0.05) is 5.70 Å². The number of para-hydroxylation sites is 3. The van der Waals surface area contributed by atoms with Gasteiger partial charge in [-0.25, -0.2) is 4.68 Å². The average Bonchev–Trinajstić information content (AvgIpc) is 3.49. The van der Waals surface area contributed by atoms with Crippen molar-refractivity contribution >= 4 is 17.5 Å². The lowest BCUT2D eigenvalue weighted by molar-refractivity contribution is -0.113. The van der Waals surface area contributed by atoms with Gasteiger partial charge in [0.2, 0.25) is 5.95 Å². The highest BCUT2D eigenvalue weighted by Crippen LogP contribution is 2.39. The summed E-state index contributed by atoms with van der Waals surface area (Å²) in [5, 5.41) is 11.0. The Hall–Kier alpha value is -4.53. The van der Waals surface area contributed by atoms with Gasteiger partial charge < -0.3 is 24.5 Å². The van der Waals surface area contributed by atoms with Crippen molar-refractivity contribution in [3.8, 4) is 22.9 Å². The molecule has 0 radical (unpaired) electrons. The molecule has 0 saturated heterocycles. The summed E-state index contributed by atoms with van der Waals surface area (Å²) in [6, 6.07) is 17.9. The molecule has 35 heavy (non-hydrogen) atoms. The van der Waals surface area contributed by atoms with Crippen molar-refractivity contribution in [3.05, 3.63) is 83.5 Å². The van der Waals surface area contributed by atoms with E-state index in [-0.39, 0.29) is 5.91 Å². The minimum atomic E-state index is -0.634. The first-order chi connectivity index (χ1) is 17.0. The van der Waals surface area contributed by atoms with Crippen molar-refractivity contribution in [1.82, 2.24) is 14.8 Å². The van der Waals surface area contributed by atoms with E-state index in [9.17, 15) is 4.79 Å². The van der Waals surface area contributed by atoms with Crippen molar-refractivity contribution in [2.45, 2.75) is 19.9 Å². The van der Waals surface area contributed by atoms with Crippen LogP contribution in [0.4, 0.5) is 11.6 Å². The summed E-state index contributed by atoms with van der Waals surface area (Å²) in [6.45, 7) is 3.69. The number of furan rings is 1. The summed E-state index contributed by atoms with van der Waals surface area (Å²) in [4.78, 5) is 18.3. The zero-order valence-corrected chi connectivity index (χ0v) is 19.8. The van der Waals surface area contributed by atoms with E-state index in [2.05, 4.69) is 10.6 Å². The fraction of sp³-hybridized carbons (Fsp3) is 0.192. The molecule has 0 spiro atoms.